The zero-order chi connectivity index (χ0) is 24.2. The molecule has 7 heteroatoms. The molecule has 1 saturated heterocycles. The van der Waals surface area contributed by atoms with Gasteiger partial charge in [0.15, 0.2) is 11.7 Å². The zero-order valence-corrected chi connectivity index (χ0v) is 20.4. The fraction of sp³-hybridized carbons (Fsp3) is 0.250. The predicted molar refractivity (Wildman–Crippen MR) is 139 cm³/mol. The van der Waals surface area contributed by atoms with Gasteiger partial charge in [-0.2, -0.15) is 0 Å². The Hall–Kier alpha value is -3.71. The average molecular weight is 486 g/mol. The standard InChI is InChI=1S/C28H27N3O3S/c1-20-9-5-7-13-24(20)31(28-29-23-12-6-8-14-25(23)35-28)27(33)21-15-17-30(18-16-21)26(32)19-34-22-10-3-2-4-11-22/h2-14,21H,15-19H2,1H3. The summed E-state index contributed by atoms with van der Waals surface area (Å²) in [4.78, 5) is 34.9. The number of piperidine rings is 1. The van der Waals surface area contributed by atoms with Gasteiger partial charge in [-0.25, -0.2) is 4.98 Å². The summed E-state index contributed by atoms with van der Waals surface area (Å²) in [6, 6.07) is 25.2. The van der Waals surface area contributed by atoms with E-state index in [0.717, 1.165) is 21.5 Å². The molecule has 5 rings (SSSR count). The smallest absolute Gasteiger partial charge is 0.260 e. The molecule has 0 radical (unpaired) electrons. The van der Waals surface area contributed by atoms with Crippen LogP contribution in [0.3, 0.4) is 0 Å². The number of fused-ring (bicyclic) bond motifs is 1. The fourth-order valence-electron chi connectivity index (χ4n) is 4.40. The lowest BCUT2D eigenvalue weighted by atomic mass is 9.95. The second kappa shape index (κ2) is 10.3. The minimum absolute atomic E-state index is 0.00364. The molecule has 3 aromatic carbocycles. The highest BCUT2D eigenvalue weighted by Crippen LogP contribution is 2.37. The molecule has 0 bridgehead atoms. The summed E-state index contributed by atoms with van der Waals surface area (Å²) in [5.74, 6) is 0.476. The van der Waals surface area contributed by atoms with Crippen LogP contribution in [0.2, 0.25) is 0 Å². The van der Waals surface area contributed by atoms with Gasteiger partial charge < -0.3 is 9.64 Å². The number of ether oxygens (including phenoxy) is 1. The molecule has 0 spiro atoms. The van der Waals surface area contributed by atoms with E-state index in [0.29, 0.717) is 36.8 Å². The number of thiazole rings is 1. The summed E-state index contributed by atoms with van der Waals surface area (Å²) in [5.41, 5.74) is 2.76. The van der Waals surface area contributed by atoms with Crippen LogP contribution >= 0.6 is 11.3 Å². The van der Waals surface area contributed by atoms with Gasteiger partial charge in [0, 0.05) is 19.0 Å². The molecule has 2 heterocycles. The number of carbonyl (C=O) groups is 2. The van der Waals surface area contributed by atoms with Crippen LogP contribution in [-0.2, 0) is 9.59 Å². The third-order valence-corrected chi connectivity index (χ3v) is 7.37. The van der Waals surface area contributed by atoms with Gasteiger partial charge in [-0.05, 0) is 55.7 Å². The lowest BCUT2D eigenvalue weighted by Gasteiger charge is -2.34. The average Bonchev–Trinajstić information content (AvgIpc) is 3.33. The first-order valence-electron chi connectivity index (χ1n) is 11.8. The van der Waals surface area contributed by atoms with E-state index in [1.807, 2.05) is 85.8 Å². The summed E-state index contributed by atoms with van der Waals surface area (Å²) in [5, 5.41) is 0.681. The van der Waals surface area contributed by atoms with Gasteiger partial charge in [-0.3, -0.25) is 14.5 Å². The largest absolute Gasteiger partial charge is 0.484 e. The van der Waals surface area contributed by atoms with Crippen molar-refractivity contribution in [3.05, 3.63) is 84.4 Å². The van der Waals surface area contributed by atoms with Gasteiger partial charge in [-0.1, -0.05) is 59.9 Å². The van der Waals surface area contributed by atoms with Crippen LogP contribution in [0.15, 0.2) is 78.9 Å². The Morgan fingerprint density at radius 1 is 0.971 bits per heavy atom. The van der Waals surface area contributed by atoms with Crippen molar-refractivity contribution in [1.82, 2.24) is 9.88 Å². The minimum Gasteiger partial charge on any atom is -0.484 e. The van der Waals surface area contributed by atoms with E-state index in [9.17, 15) is 9.59 Å². The first-order chi connectivity index (χ1) is 17.1. The molecule has 1 aliphatic rings. The van der Waals surface area contributed by atoms with Gasteiger partial charge in [0.25, 0.3) is 5.91 Å². The van der Waals surface area contributed by atoms with Crippen molar-refractivity contribution in [3.8, 4) is 5.75 Å². The van der Waals surface area contributed by atoms with Crippen LogP contribution in [0, 0.1) is 12.8 Å². The van der Waals surface area contributed by atoms with Gasteiger partial charge >= 0.3 is 0 Å². The first kappa shape index (κ1) is 23.1. The van der Waals surface area contributed by atoms with Gasteiger partial charge in [-0.15, -0.1) is 0 Å². The van der Waals surface area contributed by atoms with E-state index in [1.165, 1.54) is 11.3 Å². The molecule has 0 unspecified atom stereocenters. The highest BCUT2D eigenvalue weighted by atomic mass is 32.1. The molecule has 1 aromatic heterocycles. The SMILES string of the molecule is Cc1ccccc1N(C(=O)C1CCN(C(=O)COc2ccccc2)CC1)c1nc2ccccc2s1. The van der Waals surface area contributed by atoms with E-state index in [4.69, 9.17) is 9.72 Å². The lowest BCUT2D eigenvalue weighted by molar-refractivity contribution is -0.136. The van der Waals surface area contributed by atoms with Crippen molar-refractivity contribution >= 4 is 44.2 Å². The Labute approximate surface area is 208 Å². The summed E-state index contributed by atoms with van der Waals surface area (Å²) in [7, 11) is 0. The number of likely N-dealkylation sites (tertiary alicyclic amines) is 1. The second-order valence-corrected chi connectivity index (χ2v) is 9.69. The third-order valence-electron chi connectivity index (χ3n) is 6.35. The Balaban J connectivity index is 1.30. The quantitative estimate of drug-likeness (QED) is 0.357. The Kier molecular flexibility index (Phi) is 6.77. The number of nitrogens with zero attached hydrogens (tertiary/aromatic N) is 3. The van der Waals surface area contributed by atoms with Crippen molar-refractivity contribution in [1.29, 1.82) is 0 Å². The normalized spacial score (nSPS) is 14.1. The number of aromatic nitrogens is 1. The van der Waals surface area contributed by atoms with Crippen molar-refractivity contribution in [2.24, 2.45) is 5.92 Å². The predicted octanol–water partition coefficient (Wildman–Crippen LogP) is 5.59. The number of hydrogen-bond acceptors (Lipinski definition) is 5. The number of anilines is 2. The number of hydrogen-bond donors (Lipinski definition) is 0. The molecule has 0 aliphatic carbocycles. The molecule has 35 heavy (non-hydrogen) atoms. The molecule has 0 N–H and O–H groups in total. The van der Waals surface area contributed by atoms with Crippen molar-refractivity contribution in [2.45, 2.75) is 19.8 Å². The monoisotopic (exact) mass is 485 g/mol. The van der Waals surface area contributed by atoms with Gasteiger partial charge in [0.05, 0.1) is 15.9 Å². The van der Waals surface area contributed by atoms with Crippen molar-refractivity contribution in [2.75, 3.05) is 24.6 Å². The molecular weight excluding hydrogens is 458 g/mol. The van der Waals surface area contributed by atoms with Crippen LogP contribution in [0.5, 0.6) is 5.75 Å². The molecular formula is C28H27N3O3S. The Morgan fingerprint density at radius 3 is 2.40 bits per heavy atom. The Bertz CT molecular complexity index is 1300. The summed E-state index contributed by atoms with van der Waals surface area (Å²) in [6.45, 7) is 3.09. The second-order valence-electron chi connectivity index (χ2n) is 8.68. The van der Waals surface area contributed by atoms with E-state index < -0.39 is 0 Å². The highest BCUT2D eigenvalue weighted by Gasteiger charge is 2.33. The minimum atomic E-state index is -0.180. The summed E-state index contributed by atoms with van der Waals surface area (Å²) < 4.78 is 6.67. The summed E-state index contributed by atoms with van der Waals surface area (Å²) >= 11 is 1.52. The van der Waals surface area contributed by atoms with E-state index in [1.54, 1.807) is 9.80 Å². The van der Waals surface area contributed by atoms with E-state index >= 15 is 0 Å². The first-order valence-corrected chi connectivity index (χ1v) is 12.6. The maximum absolute atomic E-state index is 13.9. The number of carbonyl (C=O) groups excluding carboxylic acids is 2. The number of para-hydroxylation sites is 3. The number of amides is 2. The molecule has 4 aromatic rings. The number of benzene rings is 3. The van der Waals surface area contributed by atoms with Crippen LogP contribution < -0.4 is 9.64 Å². The molecule has 178 valence electrons. The van der Waals surface area contributed by atoms with Crippen molar-refractivity contribution in [3.63, 3.8) is 0 Å². The Morgan fingerprint density at radius 2 is 1.66 bits per heavy atom. The number of aryl methyl sites for hydroxylation is 1. The summed E-state index contributed by atoms with van der Waals surface area (Å²) in [6.07, 6.45) is 1.23. The van der Waals surface area contributed by atoms with Crippen LogP contribution in [0.1, 0.15) is 18.4 Å². The van der Waals surface area contributed by atoms with Gasteiger partial charge in [0.1, 0.15) is 5.75 Å². The molecule has 0 atom stereocenters. The maximum Gasteiger partial charge on any atom is 0.260 e. The fourth-order valence-corrected chi connectivity index (χ4v) is 5.38. The zero-order valence-electron chi connectivity index (χ0n) is 19.6. The van der Waals surface area contributed by atoms with E-state index in [2.05, 4.69) is 0 Å². The topological polar surface area (TPSA) is 62.7 Å². The van der Waals surface area contributed by atoms with Crippen LogP contribution in [0.25, 0.3) is 10.2 Å². The molecule has 1 aliphatic heterocycles. The van der Waals surface area contributed by atoms with E-state index in [-0.39, 0.29) is 24.3 Å². The van der Waals surface area contributed by atoms with Crippen molar-refractivity contribution < 1.29 is 14.3 Å². The molecule has 6 nitrogen and oxygen atoms in total. The third kappa shape index (κ3) is 5.05. The molecule has 0 saturated carbocycles. The lowest BCUT2D eigenvalue weighted by Crippen LogP contribution is -2.45. The molecule has 1 fully saturated rings. The highest BCUT2D eigenvalue weighted by molar-refractivity contribution is 7.22. The van der Waals surface area contributed by atoms with Crippen LogP contribution in [0.4, 0.5) is 10.8 Å². The molecule has 2 amide bonds. The van der Waals surface area contributed by atoms with Gasteiger partial charge in [0.2, 0.25) is 5.91 Å². The number of rotatable bonds is 6. The van der Waals surface area contributed by atoms with Crippen LogP contribution in [-0.4, -0.2) is 41.4 Å². The maximum atomic E-state index is 13.9.